The highest BCUT2D eigenvalue weighted by Crippen LogP contribution is 2.12. The van der Waals surface area contributed by atoms with Crippen LogP contribution in [0.25, 0.3) is 0 Å². The predicted molar refractivity (Wildman–Crippen MR) is 137 cm³/mol. The maximum atomic E-state index is 12.6. The van der Waals surface area contributed by atoms with E-state index in [1.807, 2.05) is 11.8 Å². The van der Waals surface area contributed by atoms with Crippen molar-refractivity contribution in [2.24, 2.45) is 0 Å². The molecule has 35 heavy (non-hydrogen) atoms. The van der Waals surface area contributed by atoms with Gasteiger partial charge in [-0.05, 0) is 31.0 Å². The molecular weight excluding hydrogens is 444 g/mol. The highest BCUT2D eigenvalue weighted by Gasteiger charge is 2.17. The van der Waals surface area contributed by atoms with Crippen LogP contribution in [-0.4, -0.2) is 84.7 Å². The molecule has 0 unspecified atom stereocenters. The van der Waals surface area contributed by atoms with Gasteiger partial charge in [0.1, 0.15) is 0 Å². The van der Waals surface area contributed by atoms with Gasteiger partial charge in [-0.3, -0.25) is 19.5 Å². The van der Waals surface area contributed by atoms with Gasteiger partial charge < -0.3 is 19.9 Å². The number of aromatic nitrogens is 2. The molecule has 190 valence electrons. The fourth-order valence-electron chi connectivity index (χ4n) is 4.63. The molecule has 3 heterocycles. The summed E-state index contributed by atoms with van der Waals surface area (Å²) in [5, 5.41) is 2.97. The predicted octanol–water partition coefficient (Wildman–Crippen LogP) is 1.30. The lowest BCUT2D eigenvalue weighted by atomic mass is 10.1. The molecule has 2 N–H and O–H groups in total. The van der Waals surface area contributed by atoms with Gasteiger partial charge in [0, 0.05) is 70.0 Å². The Morgan fingerprint density at radius 3 is 2.34 bits per heavy atom. The maximum Gasteiger partial charge on any atom is 0.255 e. The van der Waals surface area contributed by atoms with Crippen molar-refractivity contribution in [3.63, 3.8) is 0 Å². The Morgan fingerprint density at radius 1 is 1.03 bits per heavy atom. The quantitative estimate of drug-likeness (QED) is 0.557. The molecule has 0 saturated carbocycles. The third kappa shape index (κ3) is 7.13. The molecule has 0 atom stereocenters. The third-order valence-corrected chi connectivity index (χ3v) is 6.95. The van der Waals surface area contributed by atoms with E-state index in [1.165, 1.54) is 5.56 Å². The first kappa shape index (κ1) is 25.3. The van der Waals surface area contributed by atoms with E-state index in [9.17, 15) is 9.59 Å². The summed E-state index contributed by atoms with van der Waals surface area (Å²) in [6.45, 7) is 13.8. The molecule has 9 nitrogen and oxygen atoms in total. The average Bonchev–Trinajstić information content (AvgIpc) is 2.88. The number of benzene rings is 1. The summed E-state index contributed by atoms with van der Waals surface area (Å²) in [7, 11) is 0. The second kappa shape index (κ2) is 12.3. The number of morpholine rings is 1. The number of hydrogen-bond acceptors (Lipinski definition) is 7. The molecule has 1 amide bonds. The number of nitrogens with zero attached hydrogens (tertiary/aromatic N) is 4. The van der Waals surface area contributed by atoms with Crippen LogP contribution in [0.5, 0.6) is 0 Å². The van der Waals surface area contributed by atoms with Gasteiger partial charge >= 0.3 is 0 Å². The summed E-state index contributed by atoms with van der Waals surface area (Å²) in [6, 6.07) is 8.47. The Bertz CT molecular complexity index is 1020. The molecule has 2 aromatic rings. The van der Waals surface area contributed by atoms with Gasteiger partial charge in [0.2, 0.25) is 11.9 Å². The number of aromatic amines is 1. The van der Waals surface area contributed by atoms with Crippen LogP contribution in [0.3, 0.4) is 0 Å². The van der Waals surface area contributed by atoms with Crippen LogP contribution in [0.15, 0.2) is 29.1 Å². The van der Waals surface area contributed by atoms with Crippen molar-refractivity contribution in [2.45, 2.75) is 39.8 Å². The molecule has 4 rings (SSSR count). The number of amides is 1. The highest BCUT2D eigenvalue weighted by molar-refractivity contribution is 5.76. The normalized spacial score (nSPS) is 17.5. The summed E-state index contributed by atoms with van der Waals surface area (Å²) < 4.78 is 5.36. The minimum Gasteiger partial charge on any atom is -0.378 e. The first-order valence-electron chi connectivity index (χ1n) is 12.7. The van der Waals surface area contributed by atoms with Gasteiger partial charge in [-0.25, -0.2) is 4.98 Å². The first-order chi connectivity index (χ1) is 17.0. The van der Waals surface area contributed by atoms with Crippen LogP contribution >= 0.6 is 0 Å². The Balaban J connectivity index is 1.22. The van der Waals surface area contributed by atoms with E-state index in [0.29, 0.717) is 56.5 Å². The number of carbonyl (C=O) groups excluding carboxylic acids is 1. The fraction of sp³-hybridized carbons (Fsp3) is 0.577. The van der Waals surface area contributed by atoms with E-state index in [2.05, 4.69) is 56.3 Å². The van der Waals surface area contributed by atoms with Crippen LogP contribution in [0.1, 0.15) is 35.7 Å². The molecule has 1 aromatic carbocycles. The molecular formula is C26H38N6O3. The zero-order valence-electron chi connectivity index (χ0n) is 21.0. The SMILES string of the molecule is CCN1CCN(Cc2ccc(CNC(=O)CCc3c(C)nc(N4CCOCC4)[nH]c3=O)cc2)CC1. The van der Waals surface area contributed by atoms with Gasteiger partial charge in [0.15, 0.2) is 0 Å². The van der Waals surface area contributed by atoms with Gasteiger partial charge in [0.25, 0.3) is 5.56 Å². The van der Waals surface area contributed by atoms with Crippen molar-refractivity contribution < 1.29 is 9.53 Å². The molecule has 0 aliphatic carbocycles. The van der Waals surface area contributed by atoms with E-state index < -0.39 is 0 Å². The molecule has 2 saturated heterocycles. The molecule has 0 bridgehead atoms. The van der Waals surface area contributed by atoms with Gasteiger partial charge in [-0.15, -0.1) is 0 Å². The minimum atomic E-state index is -0.168. The van der Waals surface area contributed by atoms with E-state index in [1.54, 1.807) is 0 Å². The van der Waals surface area contributed by atoms with Crippen molar-refractivity contribution in [3.05, 3.63) is 57.0 Å². The van der Waals surface area contributed by atoms with E-state index in [4.69, 9.17) is 4.74 Å². The Labute approximate surface area is 207 Å². The number of carbonyl (C=O) groups is 1. The van der Waals surface area contributed by atoms with Crippen LogP contribution in [0.4, 0.5) is 5.95 Å². The lowest BCUT2D eigenvalue weighted by Gasteiger charge is -2.34. The Morgan fingerprint density at radius 2 is 1.69 bits per heavy atom. The van der Waals surface area contributed by atoms with Crippen LogP contribution < -0.4 is 15.8 Å². The molecule has 2 fully saturated rings. The molecule has 0 radical (unpaired) electrons. The zero-order valence-corrected chi connectivity index (χ0v) is 21.0. The summed E-state index contributed by atoms with van der Waals surface area (Å²) in [5.74, 6) is 0.509. The van der Waals surface area contributed by atoms with Crippen molar-refractivity contribution >= 4 is 11.9 Å². The number of H-pyrrole nitrogens is 1. The lowest BCUT2D eigenvalue weighted by Crippen LogP contribution is -2.45. The summed E-state index contributed by atoms with van der Waals surface area (Å²) in [5.41, 5.74) is 3.45. The first-order valence-corrected chi connectivity index (χ1v) is 12.7. The van der Waals surface area contributed by atoms with E-state index in [0.717, 1.165) is 44.8 Å². The number of piperazine rings is 1. The third-order valence-electron chi connectivity index (χ3n) is 6.95. The number of hydrogen-bond donors (Lipinski definition) is 2. The van der Waals surface area contributed by atoms with Crippen LogP contribution in [0.2, 0.25) is 0 Å². The van der Waals surface area contributed by atoms with Crippen LogP contribution in [-0.2, 0) is 29.0 Å². The van der Waals surface area contributed by atoms with Crippen molar-refractivity contribution in [2.75, 3.05) is 63.9 Å². The Kier molecular flexibility index (Phi) is 8.90. The van der Waals surface area contributed by atoms with Crippen LogP contribution in [0, 0.1) is 6.92 Å². The molecule has 2 aliphatic heterocycles. The zero-order chi connectivity index (χ0) is 24.6. The highest BCUT2D eigenvalue weighted by atomic mass is 16.5. The van der Waals surface area contributed by atoms with Gasteiger partial charge in [-0.1, -0.05) is 31.2 Å². The summed E-state index contributed by atoms with van der Waals surface area (Å²) >= 11 is 0. The number of nitrogens with one attached hydrogen (secondary N) is 2. The average molecular weight is 483 g/mol. The molecule has 9 heteroatoms. The minimum absolute atomic E-state index is 0.0704. The summed E-state index contributed by atoms with van der Waals surface area (Å²) in [4.78, 5) is 39.5. The Hall–Kier alpha value is -2.75. The molecule has 2 aliphatic rings. The smallest absolute Gasteiger partial charge is 0.255 e. The van der Waals surface area contributed by atoms with E-state index in [-0.39, 0.29) is 17.9 Å². The van der Waals surface area contributed by atoms with E-state index >= 15 is 0 Å². The largest absolute Gasteiger partial charge is 0.378 e. The number of rotatable bonds is 9. The molecule has 1 aromatic heterocycles. The number of ether oxygens (including phenoxy) is 1. The second-order valence-corrected chi connectivity index (χ2v) is 9.36. The maximum absolute atomic E-state index is 12.6. The van der Waals surface area contributed by atoms with Crippen molar-refractivity contribution in [1.82, 2.24) is 25.1 Å². The second-order valence-electron chi connectivity index (χ2n) is 9.36. The fourth-order valence-corrected chi connectivity index (χ4v) is 4.63. The lowest BCUT2D eigenvalue weighted by molar-refractivity contribution is -0.121. The van der Waals surface area contributed by atoms with Gasteiger partial charge in [-0.2, -0.15) is 0 Å². The van der Waals surface area contributed by atoms with Crippen molar-refractivity contribution in [1.29, 1.82) is 0 Å². The standard InChI is InChI=1S/C26H38N6O3/c1-3-30-10-12-31(13-11-30)19-22-6-4-21(5-7-22)18-27-24(33)9-8-23-20(2)28-26(29-25(23)34)32-14-16-35-17-15-32/h4-7H,3,8-19H2,1-2H3,(H,27,33)(H,28,29,34). The number of anilines is 1. The monoisotopic (exact) mass is 482 g/mol. The van der Waals surface area contributed by atoms with Crippen molar-refractivity contribution in [3.8, 4) is 0 Å². The number of likely N-dealkylation sites (N-methyl/N-ethyl adjacent to an activating group) is 1. The number of aryl methyl sites for hydroxylation is 1. The summed E-state index contributed by atoms with van der Waals surface area (Å²) in [6.07, 6.45) is 0.623. The van der Waals surface area contributed by atoms with Gasteiger partial charge in [0.05, 0.1) is 13.2 Å². The molecule has 0 spiro atoms. The topological polar surface area (TPSA) is 93.8 Å².